The zero-order valence-electron chi connectivity index (χ0n) is 7.84. The maximum Gasteiger partial charge on any atom is 0.410 e. The van der Waals surface area contributed by atoms with Crippen LogP contribution in [0.5, 0.6) is 0 Å². The molecule has 0 aliphatic carbocycles. The Kier molecular flexibility index (Phi) is 3.29. The van der Waals surface area contributed by atoms with Crippen molar-refractivity contribution in [1.82, 2.24) is 4.90 Å². The summed E-state index contributed by atoms with van der Waals surface area (Å²) in [6.07, 6.45) is -0.749. The van der Waals surface area contributed by atoms with Crippen LogP contribution >= 0.6 is 0 Å². The normalized spacial score (nSPS) is 27.1. The summed E-state index contributed by atoms with van der Waals surface area (Å²) in [5.74, 6) is -1.21. The number of amides is 1. The number of hydrogen-bond donors (Lipinski definition) is 2. The smallest absolute Gasteiger partial charge is 0.410 e. The fraction of sp³-hybridized carbons (Fsp3) is 0.750. The monoisotopic (exact) mass is 203 g/mol. The van der Waals surface area contributed by atoms with E-state index in [0.29, 0.717) is 19.4 Å². The number of hydrogen-bond acceptors (Lipinski definition) is 4. The molecule has 1 aliphatic rings. The van der Waals surface area contributed by atoms with Crippen molar-refractivity contribution in [2.24, 2.45) is 0 Å². The summed E-state index contributed by atoms with van der Waals surface area (Å²) < 4.78 is 4.43. The molecule has 0 radical (unpaired) electrons. The molecular formula is C8H13NO5. The third-order valence-corrected chi connectivity index (χ3v) is 2.26. The summed E-state index contributed by atoms with van der Waals surface area (Å²) in [6.45, 7) is 0.306. The molecule has 80 valence electrons. The molecule has 0 aromatic heterocycles. The molecule has 0 spiro atoms. The Labute approximate surface area is 81.1 Å². The Morgan fingerprint density at radius 3 is 2.64 bits per heavy atom. The highest BCUT2D eigenvalue weighted by atomic mass is 16.5. The van der Waals surface area contributed by atoms with Gasteiger partial charge in [0.05, 0.1) is 13.2 Å². The number of rotatable bonds is 1. The molecule has 0 bridgehead atoms. The van der Waals surface area contributed by atoms with E-state index < -0.39 is 24.2 Å². The molecule has 14 heavy (non-hydrogen) atoms. The lowest BCUT2D eigenvalue weighted by molar-refractivity contribution is -0.148. The number of aliphatic carboxylic acids is 1. The summed E-state index contributed by atoms with van der Waals surface area (Å²) in [5, 5.41) is 18.2. The van der Waals surface area contributed by atoms with Crippen molar-refractivity contribution in [1.29, 1.82) is 0 Å². The summed E-state index contributed by atoms with van der Waals surface area (Å²) >= 11 is 0. The van der Waals surface area contributed by atoms with Crippen molar-refractivity contribution in [3.63, 3.8) is 0 Å². The van der Waals surface area contributed by atoms with E-state index in [1.807, 2.05) is 0 Å². The minimum atomic E-state index is -1.21. The van der Waals surface area contributed by atoms with Crippen LogP contribution < -0.4 is 0 Å². The summed E-state index contributed by atoms with van der Waals surface area (Å²) in [5.41, 5.74) is 0. The summed E-state index contributed by atoms with van der Waals surface area (Å²) in [7, 11) is 1.18. The molecule has 0 aromatic rings. The molecule has 1 saturated heterocycles. The fourth-order valence-electron chi connectivity index (χ4n) is 1.60. The van der Waals surface area contributed by atoms with Crippen LogP contribution in [0.2, 0.25) is 0 Å². The third kappa shape index (κ3) is 1.95. The molecule has 1 heterocycles. The van der Waals surface area contributed by atoms with Gasteiger partial charge < -0.3 is 14.9 Å². The van der Waals surface area contributed by atoms with Crippen LogP contribution in [0.1, 0.15) is 12.8 Å². The van der Waals surface area contributed by atoms with Crippen molar-refractivity contribution in [2.75, 3.05) is 13.7 Å². The van der Waals surface area contributed by atoms with Gasteiger partial charge in [0.15, 0.2) is 6.04 Å². The lowest BCUT2D eigenvalue weighted by Crippen LogP contribution is -2.55. The van der Waals surface area contributed by atoms with Crippen molar-refractivity contribution < 1.29 is 24.5 Å². The Morgan fingerprint density at radius 1 is 1.50 bits per heavy atom. The van der Waals surface area contributed by atoms with E-state index in [1.54, 1.807) is 0 Å². The zero-order valence-corrected chi connectivity index (χ0v) is 7.84. The van der Waals surface area contributed by atoms with Crippen molar-refractivity contribution >= 4 is 12.1 Å². The van der Waals surface area contributed by atoms with Crippen molar-refractivity contribution in [3.8, 4) is 0 Å². The van der Waals surface area contributed by atoms with Crippen LogP contribution in [-0.2, 0) is 9.53 Å². The average molecular weight is 203 g/mol. The highest BCUT2D eigenvalue weighted by molar-refractivity contribution is 5.80. The van der Waals surface area contributed by atoms with E-state index in [1.165, 1.54) is 7.11 Å². The molecule has 1 fully saturated rings. The molecule has 0 unspecified atom stereocenters. The number of ether oxygens (including phenoxy) is 1. The number of likely N-dealkylation sites (tertiary alicyclic amines) is 1. The fourth-order valence-corrected chi connectivity index (χ4v) is 1.60. The number of piperidine rings is 1. The number of carboxylic acids is 1. The molecule has 6 heteroatoms. The van der Waals surface area contributed by atoms with E-state index in [9.17, 15) is 14.7 Å². The molecule has 6 nitrogen and oxygen atoms in total. The quantitative estimate of drug-likeness (QED) is 0.609. The molecule has 2 atom stereocenters. The number of carbonyl (C=O) groups is 2. The predicted molar refractivity (Wildman–Crippen MR) is 45.8 cm³/mol. The van der Waals surface area contributed by atoms with E-state index in [4.69, 9.17) is 5.11 Å². The standard InChI is InChI=1S/C8H13NO5/c1-14-8(13)9-4-2-3-5(10)6(9)7(11)12/h5-6,10H,2-4H2,1H3,(H,11,12)/t5-,6+/m1/s1. The highest BCUT2D eigenvalue weighted by Gasteiger charge is 2.38. The number of carbonyl (C=O) groups excluding carboxylic acids is 1. The number of carboxylic acid groups (broad SMARTS) is 1. The first-order chi connectivity index (χ1) is 6.57. The minimum absolute atomic E-state index is 0.306. The van der Waals surface area contributed by atoms with Gasteiger partial charge in [-0.05, 0) is 12.8 Å². The highest BCUT2D eigenvalue weighted by Crippen LogP contribution is 2.18. The van der Waals surface area contributed by atoms with Crippen LogP contribution in [-0.4, -0.2) is 53.0 Å². The first kappa shape index (κ1) is 10.8. The Hall–Kier alpha value is -1.30. The van der Waals surface area contributed by atoms with Gasteiger partial charge >= 0.3 is 12.1 Å². The van der Waals surface area contributed by atoms with Crippen LogP contribution in [0, 0.1) is 0 Å². The van der Waals surface area contributed by atoms with Gasteiger partial charge in [0, 0.05) is 6.54 Å². The number of methoxy groups -OCH3 is 1. The second-order valence-corrected chi connectivity index (χ2v) is 3.16. The first-order valence-electron chi connectivity index (χ1n) is 4.33. The first-order valence-corrected chi connectivity index (χ1v) is 4.33. The van der Waals surface area contributed by atoms with Gasteiger partial charge in [-0.1, -0.05) is 0 Å². The summed E-state index contributed by atoms with van der Waals surface area (Å²) in [4.78, 5) is 23.0. The van der Waals surface area contributed by atoms with E-state index >= 15 is 0 Å². The van der Waals surface area contributed by atoms with Gasteiger partial charge in [-0.25, -0.2) is 9.59 Å². The number of aliphatic hydroxyl groups excluding tert-OH is 1. The van der Waals surface area contributed by atoms with Gasteiger partial charge in [-0.15, -0.1) is 0 Å². The van der Waals surface area contributed by atoms with E-state index in [0.717, 1.165) is 4.90 Å². The maximum absolute atomic E-state index is 11.2. The van der Waals surface area contributed by atoms with Crippen LogP contribution in [0.4, 0.5) is 4.79 Å². The third-order valence-electron chi connectivity index (χ3n) is 2.26. The van der Waals surface area contributed by atoms with Gasteiger partial charge in [-0.2, -0.15) is 0 Å². The molecular weight excluding hydrogens is 190 g/mol. The maximum atomic E-state index is 11.2. The van der Waals surface area contributed by atoms with E-state index in [2.05, 4.69) is 4.74 Å². The predicted octanol–water partition coefficient (Wildman–Crippen LogP) is -0.337. The molecule has 0 aromatic carbocycles. The van der Waals surface area contributed by atoms with E-state index in [-0.39, 0.29) is 0 Å². The number of aliphatic hydroxyl groups is 1. The molecule has 1 aliphatic heterocycles. The van der Waals surface area contributed by atoms with Crippen molar-refractivity contribution in [3.05, 3.63) is 0 Å². The zero-order chi connectivity index (χ0) is 10.7. The second-order valence-electron chi connectivity index (χ2n) is 3.16. The molecule has 1 rings (SSSR count). The lowest BCUT2D eigenvalue weighted by Gasteiger charge is -2.34. The molecule has 2 N–H and O–H groups in total. The van der Waals surface area contributed by atoms with Gasteiger partial charge in [-0.3, -0.25) is 4.90 Å². The van der Waals surface area contributed by atoms with Crippen LogP contribution in [0.3, 0.4) is 0 Å². The SMILES string of the molecule is COC(=O)N1CCC[C@@H](O)[C@H]1C(=O)O. The molecule has 1 amide bonds. The van der Waals surface area contributed by atoms with Gasteiger partial charge in [0.2, 0.25) is 0 Å². The number of nitrogens with zero attached hydrogens (tertiary/aromatic N) is 1. The van der Waals surface area contributed by atoms with Crippen LogP contribution in [0.15, 0.2) is 0 Å². The summed E-state index contributed by atoms with van der Waals surface area (Å²) in [6, 6.07) is -1.18. The minimum Gasteiger partial charge on any atom is -0.480 e. The topological polar surface area (TPSA) is 87.1 Å². The Morgan fingerprint density at radius 2 is 2.14 bits per heavy atom. The van der Waals surface area contributed by atoms with Crippen molar-refractivity contribution in [2.45, 2.75) is 25.0 Å². The van der Waals surface area contributed by atoms with Gasteiger partial charge in [0.25, 0.3) is 0 Å². The average Bonchev–Trinajstić information content (AvgIpc) is 2.15. The largest absolute Gasteiger partial charge is 0.480 e. The van der Waals surface area contributed by atoms with Crippen LogP contribution in [0.25, 0.3) is 0 Å². The Balaban J connectivity index is 2.79. The molecule has 0 saturated carbocycles. The van der Waals surface area contributed by atoms with Gasteiger partial charge in [0.1, 0.15) is 0 Å². The lowest BCUT2D eigenvalue weighted by atomic mass is 9.99. The Bertz CT molecular complexity index is 242. The second kappa shape index (κ2) is 4.28.